The van der Waals surface area contributed by atoms with E-state index in [0.717, 1.165) is 11.3 Å². The van der Waals surface area contributed by atoms with Crippen LogP contribution in [0.25, 0.3) is 11.3 Å². The van der Waals surface area contributed by atoms with Crippen molar-refractivity contribution in [2.24, 2.45) is 0 Å². The maximum atomic E-state index is 12.5. The van der Waals surface area contributed by atoms with Crippen molar-refractivity contribution in [1.82, 2.24) is 19.7 Å². The van der Waals surface area contributed by atoms with E-state index in [2.05, 4.69) is 20.5 Å². The van der Waals surface area contributed by atoms with Crippen LogP contribution in [0, 0.1) is 0 Å². The third-order valence-electron chi connectivity index (χ3n) is 4.78. The fourth-order valence-electron chi connectivity index (χ4n) is 3.18. The van der Waals surface area contributed by atoms with Crippen molar-refractivity contribution in [1.29, 1.82) is 0 Å². The minimum absolute atomic E-state index is 0.164. The van der Waals surface area contributed by atoms with Crippen molar-refractivity contribution in [3.8, 4) is 17.0 Å². The van der Waals surface area contributed by atoms with Crippen LogP contribution in [0.3, 0.4) is 0 Å². The molecule has 0 bridgehead atoms. The zero-order chi connectivity index (χ0) is 24.1. The van der Waals surface area contributed by atoms with Gasteiger partial charge >= 0.3 is 0 Å². The average molecular weight is 534 g/mol. The Labute approximate surface area is 215 Å². The highest BCUT2D eigenvalue weighted by Gasteiger charge is 2.20. The summed E-state index contributed by atoms with van der Waals surface area (Å²) in [6.45, 7) is 4.48. The van der Waals surface area contributed by atoms with Gasteiger partial charge in [-0.1, -0.05) is 65.3 Å². The molecule has 7 nitrogen and oxygen atoms in total. The van der Waals surface area contributed by atoms with E-state index in [-0.39, 0.29) is 11.7 Å². The number of hydrogen-bond donors (Lipinski definition) is 1. The van der Waals surface area contributed by atoms with Crippen molar-refractivity contribution in [2.45, 2.75) is 31.7 Å². The summed E-state index contributed by atoms with van der Waals surface area (Å²) in [7, 11) is 0. The van der Waals surface area contributed by atoms with Crippen LogP contribution in [0.4, 0.5) is 5.13 Å². The Morgan fingerprint density at radius 2 is 2.00 bits per heavy atom. The monoisotopic (exact) mass is 533 g/mol. The molecule has 0 aliphatic carbocycles. The lowest BCUT2D eigenvalue weighted by molar-refractivity contribution is -0.113. The van der Waals surface area contributed by atoms with Crippen LogP contribution in [0.5, 0.6) is 5.75 Å². The topological polar surface area (TPSA) is 81.9 Å². The minimum Gasteiger partial charge on any atom is -0.481 e. The van der Waals surface area contributed by atoms with Gasteiger partial charge in [-0.05, 0) is 32.0 Å². The normalized spacial score (nSPS) is 11.9. The van der Waals surface area contributed by atoms with Gasteiger partial charge in [0, 0.05) is 22.5 Å². The second-order valence-electron chi connectivity index (χ2n) is 7.16. The van der Waals surface area contributed by atoms with Gasteiger partial charge in [-0.2, -0.15) is 0 Å². The average Bonchev–Trinajstić information content (AvgIpc) is 3.47. The zero-order valence-electron chi connectivity index (χ0n) is 18.4. The summed E-state index contributed by atoms with van der Waals surface area (Å²) in [6, 6.07) is 14.9. The number of halogens is 2. The van der Waals surface area contributed by atoms with Crippen LogP contribution < -0.4 is 10.1 Å². The van der Waals surface area contributed by atoms with Gasteiger partial charge < -0.3 is 14.6 Å². The SMILES string of the molecule is CCn1c(SCC(=O)Nc2nc(-c3ccccc3)cs2)nnc1C(C)Oc1ccc(Cl)cc1Cl. The van der Waals surface area contributed by atoms with Gasteiger partial charge in [0.2, 0.25) is 5.91 Å². The number of thiazole rings is 1. The number of nitrogens with one attached hydrogen (secondary N) is 1. The summed E-state index contributed by atoms with van der Waals surface area (Å²) in [5.74, 6) is 1.17. The van der Waals surface area contributed by atoms with Crippen molar-refractivity contribution in [3.63, 3.8) is 0 Å². The summed E-state index contributed by atoms with van der Waals surface area (Å²) in [4.78, 5) is 17.0. The molecule has 0 saturated heterocycles. The number of amides is 1. The molecule has 2 aromatic heterocycles. The number of ether oxygens (including phenoxy) is 1. The van der Waals surface area contributed by atoms with E-state index in [1.165, 1.54) is 23.1 Å². The number of aromatic nitrogens is 4. The molecule has 0 radical (unpaired) electrons. The Morgan fingerprint density at radius 3 is 2.74 bits per heavy atom. The molecular weight excluding hydrogens is 513 g/mol. The van der Waals surface area contributed by atoms with Gasteiger partial charge in [-0.25, -0.2) is 4.98 Å². The highest BCUT2D eigenvalue weighted by Crippen LogP contribution is 2.32. The smallest absolute Gasteiger partial charge is 0.236 e. The first-order valence-electron chi connectivity index (χ1n) is 10.4. The van der Waals surface area contributed by atoms with Crippen LogP contribution in [0.1, 0.15) is 25.8 Å². The number of hydrogen-bond acceptors (Lipinski definition) is 7. The molecule has 1 amide bonds. The van der Waals surface area contributed by atoms with Gasteiger partial charge in [0.25, 0.3) is 0 Å². The van der Waals surface area contributed by atoms with Crippen molar-refractivity contribution < 1.29 is 9.53 Å². The summed E-state index contributed by atoms with van der Waals surface area (Å²) < 4.78 is 7.90. The van der Waals surface area contributed by atoms with E-state index in [0.29, 0.717) is 38.5 Å². The molecule has 2 aromatic carbocycles. The Bertz CT molecular complexity index is 1280. The molecule has 4 rings (SSSR count). The van der Waals surface area contributed by atoms with E-state index >= 15 is 0 Å². The molecule has 1 unspecified atom stereocenters. The van der Waals surface area contributed by atoms with Gasteiger partial charge in [-0.3, -0.25) is 4.79 Å². The van der Waals surface area contributed by atoms with Crippen LogP contribution >= 0.6 is 46.3 Å². The third kappa shape index (κ3) is 5.90. The molecule has 11 heteroatoms. The van der Waals surface area contributed by atoms with Crippen molar-refractivity contribution >= 4 is 57.3 Å². The van der Waals surface area contributed by atoms with Gasteiger partial charge in [-0.15, -0.1) is 21.5 Å². The maximum absolute atomic E-state index is 12.5. The Kier molecular flexibility index (Phi) is 8.10. The van der Waals surface area contributed by atoms with Crippen LogP contribution in [-0.4, -0.2) is 31.4 Å². The lowest BCUT2D eigenvalue weighted by atomic mass is 10.2. The van der Waals surface area contributed by atoms with Crippen LogP contribution in [0.2, 0.25) is 10.0 Å². The molecule has 2 heterocycles. The number of benzene rings is 2. The second-order valence-corrected chi connectivity index (χ2v) is 9.80. The predicted octanol–water partition coefficient (Wildman–Crippen LogP) is 6.60. The third-order valence-corrected chi connectivity index (χ3v) is 7.03. The first-order valence-corrected chi connectivity index (χ1v) is 13.0. The molecule has 0 aliphatic rings. The summed E-state index contributed by atoms with van der Waals surface area (Å²) in [5, 5.41) is 15.5. The molecular formula is C23H21Cl2N5O2S2. The molecule has 1 N–H and O–H groups in total. The van der Waals surface area contributed by atoms with E-state index in [1.807, 2.05) is 54.1 Å². The number of anilines is 1. The van der Waals surface area contributed by atoms with Gasteiger partial charge in [0.05, 0.1) is 16.5 Å². The molecule has 1 atom stereocenters. The number of nitrogens with zero attached hydrogens (tertiary/aromatic N) is 4. The first-order chi connectivity index (χ1) is 16.4. The van der Waals surface area contributed by atoms with E-state index in [4.69, 9.17) is 27.9 Å². The lowest BCUT2D eigenvalue weighted by Gasteiger charge is -2.16. The molecule has 0 aliphatic heterocycles. The zero-order valence-corrected chi connectivity index (χ0v) is 21.5. The number of carbonyl (C=O) groups excluding carboxylic acids is 1. The first kappa shape index (κ1) is 24.5. The van der Waals surface area contributed by atoms with Gasteiger partial charge in [0.1, 0.15) is 5.75 Å². The molecule has 0 saturated carbocycles. The Hall–Kier alpha value is -2.59. The molecule has 0 spiro atoms. The van der Waals surface area contributed by atoms with Crippen LogP contribution in [-0.2, 0) is 11.3 Å². The van der Waals surface area contributed by atoms with E-state index in [9.17, 15) is 4.79 Å². The standard InChI is InChI=1S/C23H21Cl2N5O2S2/c1-3-30-21(14(2)32-19-10-9-16(24)11-17(19)25)28-29-23(30)34-13-20(31)27-22-26-18(12-33-22)15-7-5-4-6-8-15/h4-12,14H,3,13H2,1-2H3,(H,26,27,31). The minimum atomic E-state index is -0.402. The van der Waals surface area contributed by atoms with Crippen molar-refractivity contribution in [3.05, 3.63) is 69.8 Å². The molecule has 34 heavy (non-hydrogen) atoms. The van der Waals surface area contributed by atoms with E-state index in [1.54, 1.807) is 18.2 Å². The number of thioether (sulfide) groups is 1. The maximum Gasteiger partial charge on any atom is 0.236 e. The Balaban J connectivity index is 1.37. The van der Waals surface area contributed by atoms with E-state index < -0.39 is 6.10 Å². The largest absolute Gasteiger partial charge is 0.481 e. The lowest BCUT2D eigenvalue weighted by Crippen LogP contribution is -2.15. The quantitative estimate of drug-likeness (QED) is 0.244. The predicted molar refractivity (Wildman–Crippen MR) is 138 cm³/mol. The Morgan fingerprint density at radius 1 is 1.21 bits per heavy atom. The number of carbonyl (C=O) groups is 1. The molecule has 176 valence electrons. The summed E-state index contributed by atoms with van der Waals surface area (Å²) in [5.41, 5.74) is 1.84. The molecule has 0 fully saturated rings. The summed E-state index contributed by atoms with van der Waals surface area (Å²) in [6.07, 6.45) is -0.402. The van der Waals surface area contributed by atoms with Gasteiger partial charge in [0.15, 0.2) is 22.2 Å². The molecule has 4 aromatic rings. The number of rotatable bonds is 9. The highest BCUT2D eigenvalue weighted by molar-refractivity contribution is 7.99. The van der Waals surface area contributed by atoms with Crippen molar-refractivity contribution in [2.75, 3.05) is 11.1 Å². The fraction of sp³-hybridized carbons (Fsp3) is 0.217. The second kappa shape index (κ2) is 11.2. The highest BCUT2D eigenvalue weighted by atomic mass is 35.5. The van der Waals surface area contributed by atoms with Crippen LogP contribution in [0.15, 0.2) is 59.1 Å². The summed E-state index contributed by atoms with van der Waals surface area (Å²) >= 11 is 14.9. The fourth-order valence-corrected chi connectivity index (χ4v) is 5.18.